The van der Waals surface area contributed by atoms with Crippen molar-refractivity contribution in [1.82, 2.24) is 14.1 Å². The molecule has 0 aromatic carbocycles. The highest BCUT2D eigenvalue weighted by Gasteiger charge is 2.29. The summed E-state index contributed by atoms with van der Waals surface area (Å²) < 4.78 is 26.9. The fourth-order valence-electron chi connectivity index (χ4n) is 3.18. The Morgan fingerprint density at radius 2 is 1.60 bits per heavy atom. The molecule has 1 aromatic heterocycles. The monoisotopic (exact) mass is 385 g/mol. The molecule has 0 saturated carbocycles. The average molecular weight is 386 g/mol. The van der Waals surface area contributed by atoms with Crippen LogP contribution in [0.15, 0.2) is 16.3 Å². The fourth-order valence-corrected chi connectivity index (χ4v) is 6.20. The van der Waals surface area contributed by atoms with Crippen molar-refractivity contribution in [2.45, 2.75) is 30.4 Å². The number of nitrogens with zero attached hydrogens (tertiary/aromatic N) is 3. The first-order valence-corrected chi connectivity index (χ1v) is 10.8. The van der Waals surface area contributed by atoms with Crippen LogP contribution in [0.4, 0.5) is 0 Å². The highest BCUT2D eigenvalue weighted by molar-refractivity contribution is 7.91. The lowest BCUT2D eigenvalue weighted by molar-refractivity contribution is -0.137. The van der Waals surface area contributed by atoms with Gasteiger partial charge in [-0.1, -0.05) is 0 Å². The maximum absolute atomic E-state index is 12.5. The molecule has 3 rings (SSSR count). The van der Waals surface area contributed by atoms with Gasteiger partial charge in [0.1, 0.15) is 4.21 Å². The molecule has 138 valence electrons. The molecule has 0 spiro atoms. The van der Waals surface area contributed by atoms with Gasteiger partial charge in [-0.2, -0.15) is 4.31 Å². The fraction of sp³-hybridized carbons (Fsp3) is 0.625. The summed E-state index contributed by atoms with van der Waals surface area (Å²) in [7, 11) is -3.41. The number of amides is 2. The average Bonchev–Trinajstić information content (AvgIpc) is 3.27. The molecule has 9 heteroatoms. The standard InChI is InChI=1S/C16H23N3O4S2/c1-13(20)17-8-10-18(11-9-17)15(21)12-14-4-5-16(24-14)25(22,23)19-6-2-3-7-19/h4-5H,2-3,6-12H2,1H3. The van der Waals surface area contributed by atoms with E-state index in [-0.39, 0.29) is 18.2 Å². The first-order valence-electron chi connectivity index (χ1n) is 8.50. The highest BCUT2D eigenvalue weighted by Crippen LogP contribution is 2.27. The van der Waals surface area contributed by atoms with E-state index in [1.807, 2.05) is 0 Å². The molecule has 0 unspecified atom stereocenters. The molecule has 2 saturated heterocycles. The van der Waals surface area contributed by atoms with Crippen LogP contribution in [-0.2, 0) is 26.0 Å². The number of carbonyl (C=O) groups excluding carboxylic acids is 2. The number of piperazine rings is 1. The van der Waals surface area contributed by atoms with E-state index < -0.39 is 10.0 Å². The first-order chi connectivity index (χ1) is 11.9. The van der Waals surface area contributed by atoms with Gasteiger partial charge in [-0.25, -0.2) is 8.42 Å². The Bertz CT molecular complexity index is 745. The second-order valence-corrected chi connectivity index (χ2v) is 9.73. The van der Waals surface area contributed by atoms with Gasteiger partial charge in [-0.05, 0) is 25.0 Å². The van der Waals surface area contributed by atoms with Crippen LogP contribution in [0.25, 0.3) is 0 Å². The summed E-state index contributed by atoms with van der Waals surface area (Å²) in [5.41, 5.74) is 0. The van der Waals surface area contributed by atoms with Gasteiger partial charge in [0.05, 0.1) is 6.42 Å². The lowest BCUT2D eigenvalue weighted by Crippen LogP contribution is -2.50. The Morgan fingerprint density at radius 1 is 1.00 bits per heavy atom. The first kappa shape index (κ1) is 18.3. The molecule has 2 aliphatic heterocycles. The molecule has 0 N–H and O–H groups in total. The van der Waals surface area contributed by atoms with E-state index in [4.69, 9.17) is 0 Å². The van der Waals surface area contributed by atoms with Gasteiger partial charge in [0.2, 0.25) is 11.8 Å². The minimum Gasteiger partial charge on any atom is -0.339 e. The van der Waals surface area contributed by atoms with E-state index in [0.717, 1.165) is 17.7 Å². The summed E-state index contributed by atoms with van der Waals surface area (Å²) in [6.45, 7) is 4.86. The summed E-state index contributed by atoms with van der Waals surface area (Å²) >= 11 is 1.18. The van der Waals surface area contributed by atoms with Crippen molar-refractivity contribution in [3.63, 3.8) is 0 Å². The number of hydrogen-bond donors (Lipinski definition) is 0. The van der Waals surface area contributed by atoms with Crippen LogP contribution in [0.5, 0.6) is 0 Å². The van der Waals surface area contributed by atoms with Crippen molar-refractivity contribution in [3.8, 4) is 0 Å². The van der Waals surface area contributed by atoms with Crippen molar-refractivity contribution in [2.24, 2.45) is 0 Å². The van der Waals surface area contributed by atoms with Gasteiger partial charge in [0.25, 0.3) is 10.0 Å². The molecule has 7 nitrogen and oxygen atoms in total. The Labute approximate surface area is 152 Å². The molecule has 2 aliphatic rings. The molecule has 0 bridgehead atoms. The van der Waals surface area contributed by atoms with E-state index in [1.165, 1.54) is 22.6 Å². The quantitative estimate of drug-likeness (QED) is 0.767. The summed E-state index contributed by atoms with van der Waals surface area (Å²) in [6.07, 6.45) is 2.02. The smallest absolute Gasteiger partial charge is 0.252 e. The van der Waals surface area contributed by atoms with Gasteiger partial charge < -0.3 is 9.80 Å². The predicted molar refractivity (Wildman–Crippen MR) is 94.8 cm³/mol. The second kappa shape index (κ2) is 7.43. The van der Waals surface area contributed by atoms with Crippen LogP contribution in [0, 0.1) is 0 Å². The largest absolute Gasteiger partial charge is 0.339 e. The van der Waals surface area contributed by atoms with E-state index in [0.29, 0.717) is 43.5 Å². The summed E-state index contributed by atoms with van der Waals surface area (Å²) in [5.74, 6) is 0.0114. The number of rotatable bonds is 4. The molecular formula is C16H23N3O4S2. The molecule has 2 amide bonds. The Kier molecular flexibility index (Phi) is 5.45. The van der Waals surface area contributed by atoms with Gasteiger partial charge in [0, 0.05) is 51.1 Å². The van der Waals surface area contributed by atoms with Crippen molar-refractivity contribution >= 4 is 33.2 Å². The van der Waals surface area contributed by atoms with Crippen LogP contribution in [0.3, 0.4) is 0 Å². The molecule has 0 radical (unpaired) electrons. The van der Waals surface area contributed by atoms with Gasteiger partial charge >= 0.3 is 0 Å². The Balaban J connectivity index is 1.60. The molecule has 3 heterocycles. The summed E-state index contributed by atoms with van der Waals surface area (Å²) in [4.78, 5) is 28.0. The normalized spacial score (nSPS) is 19.4. The number of carbonyl (C=O) groups is 2. The van der Waals surface area contributed by atoms with Crippen molar-refractivity contribution in [3.05, 3.63) is 17.0 Å². The van der Waals surface area contributed by atoms with E-state index >= 15 is 0 Å². The van der Waals surface area contributed by atoms with E-state index in [1.54, 1.807) is 21.9 Å². The maximum Gasteiger partial charge on any atom is 0.252 e. The van der Waals surface area contributed by atoms with Gasteiger partial charge in [-0.15, -0.1) is 11.3 Å². The third kappa shape index (κ3) is 4.04. The lowest BCUT2D eigenvalue weighted by Gasteiger charge is -2.34. The molecule has 2 fully saturated rings. The van der Waals surface area contributed by atoms with Crippen molar-refractivity contribution in [2.75, 3.05) is 39.3 Å². The zero-order valence-corrected chi connectivity index (χ0v) is 15.9. The number of sulfonamides is 1. The van der Waals surface area contributed by atoms with E-state index in [9.17, 15) is 18.0 Å². The van der Waals surface area contributed by atoms with Gasteiger partial charge in [-0.3, -0.25) is 9.59 Å². The predicted octanol–water partition coefficient (Wildman–Crippen LogP) is 0.766. The summed E-state index contributed by atoms with van der Waals surface area (Å²) in [5, 5.41) is 0. The zero-order valence-electron chi connectivity index (χ0n) is 14.3. The minimum absolute atomic E-state index is 0.0184. The molecule has 1 aromatic rings. The van der Waals surface area contributed by atoms with E-state index in [2.05, 4.69) is 0 Å². The highest BCUT2D eigenvalue weighted by atomic mass is 32.2. The summed E-state index contributed by atoms with van der Waals surface area (Å²) in [6, 6.07) is 3.34. The van der Waals surface area contributed by atoms with Crippen LogP contribution >= 0.6 is 11.3 Å². The molecule has 25 heavy (non-hydrogen) atoms. The van der Waals surface area contributed by atoms with Crippen molar-refractivity contribution in [1.29, 1.82) is 0 Å². The van der Waals surface area contributed by atoms with Crippen molar-refractivity contribution < 1.29 is 18.0 Å². The topological polar surface area (TPSA) is 78.0 Å². The Morgan fingerprint density at radius 3 is 2.20 bits per heavy atom. The zero-order chi connectivity index (χ0) is 18.0. The van der Waals surface area contributed by atoms with Crippen LogP contribution in [0.1, 0.15) is 24.6 Å². The number of thiophene rings is 1. The third-order valence-corrected chi connectivity index (χ3v) is 8.15. The SMILES string of the molecule is CC(=O)N1CCN(C(=O)Cc2ccc(S(=O)(=O)N3CCCC3)s2)CC1. The van der Waals surface area contributed by atoms with Crippen LogP contribution < -0.4 is 0 Å². The lowest BCUT2D eigenvalue weighted by atomic mass is 10.2. The second-order valence-electron chi connectivity index (χ2n) is 6.40. The minimum atomic E-state index is -3.41. The molecular weight excluding hydrogens is 362 g/mol. The van der Waals surface area contributed by atoms with Gasteiger partial charge in [0.15, 0.2) is 0 Å². The van der Waals surface area contributed by atoms with Crippen LogP contribution in [0.2, 0.25) is 0 Å². The third-order valence-electron chi connectivity index (χ3n) is 4.70. The Hall–Kier alpha value is -1.45. The molecule has 0 atom stereocenters. The maximum atomic E-state index is 12.5. The molecule has 0 aliphatic carbocycles. The van der Waals surface area contributed by atoms with Crippen LogP contribution in [-0.4, -0.2) is 73.6 Å². The number of hydrogen-bond acceptors (Lipinski definition) is 5.